The molecule has 5 aromatic carbocycles. The highest BCUT2D eigenvalue weighted by atomic mass is 32.2. The van der Waals surface area contributed by atoms with E-state index in [1.165, 1.54) is 23.9 Å². The molecule has 6 nitrogen and oxygen atoms in total. The molecular weight excluding hydrogens is 585 g/mol. The van der Waals surface area contributed by atoms with Crippen LogP contribution < -0.4 is 16.0 Å². The number of carbonyl (C=O) groups is 3. The normalized spacial score (nSPS) is 11.7. The second-order valence-corrected chi connectivity index (χ2v) is 11.5. The number of nitrogens with one attached hydrogen (secondary N) is 3. The molecule has 45 heavy (non-hydrogen) atoms. The zero-order valence-corrected chi connectivity index (χ0v) is 25.2. The van der Waals surface area contributed by atoms with Crippen molar-refractivity contribution in [2.24, 2.45) is 0 Å². The number of amides is 3. The molecule has 0 saturated carbocycles. The Labute approximate surface area is 265 Å². The van der Waals surface area contributed by atoms with E-state index in [2.05, 4.69) is 16.0 Å². The van der Waals surface area contributed by atoms with Crippen LogP contribution in [0.4, 0.5) is 15.8 Å². The van der Waals surface area contributed by atoms with Crippen LogP contribution in [0.5, 0.6) is 0 Å². The summed E-state index contributed by atoms with van der Waals surface area (Å²) in [7, 11) is 0. The Hall–Kier alpha value is -5.47. The predicted molar refractivity (Wildman–Crippen MR) is 179 cm³/mol. The average Bonchev–Trinajstić information content (AvgIpc) is 3.06. The van der Waals surface area contributed by atoms with Crippen molar-refractivity contribution in [2.45, 2.75) is 17.1 Å². The first-order valence-corrected chi connectivity index (χ1v) is 15.1. The van der Waals surface area contributed by atoms with Gasteiger partial charge in [0.05, 0.1) is 10.9 Å². The summed E-state index contributed by atoms with van der Waals surface area (Å²) < 4.78 is 14.0. The van der Waals surface area contributed by atoms with Gasteiger partial charge in [-0.2, -0.15) is 0 Å². The number of benzene rings is 5. The van der Waals surface area contributed by atoms with Gasteiger partial charge in [0.25, 0.3) is 11.8 Å². The third kappa shape index (κ3) is 8.55. The minimum atomic E-state index is -0.546. The standard InChI is InChI=1S/C37H30FN3O3S/c1-25(35(42)40-33-18-9-8-17-32(33)38)45-31-16-10-15-30(24-31)39-37(44)34(41-36(43)29-13-6-3-7-14-29)23-26-19-21-28(22-20-26)27-11-4-2-5-12-27/h2-25H,1H3,(H,39,44)(H,40,42)(H,41,43)/b34-23+. The summed E-state index contributed by atoms with van der Waals surface area (Å²) in [5.41, 5.74) is 3.89. The highest BCUT2D eigenvalue weighted by Gasteiger charge is 2.18. The van der Waals surface area contributed by atoms with Crippen LogP contribution in [0.25, 0.3) is 17.2 Å². The summed E-state index contributed by atoms with van der Waals surface area (Å²) in [5, 5.41) is 7.68. The summed E-state index contributed by atoms with van der Waals surface area (Å²) in [6.45, 7) is 1.72. The van der Waals surface area contributed by atoms with Gasteiger partial charge in [0.2, 0.25) is 5.91 Å². The van der Waals surface area contributed by atoms with Crippen LogP contribution in [0, 0.1) is 5.82 Å². The van der Waals surface area contributed by atoms with E-state index in [1.807, 2.05) is 66.7 Å². The molecule has 5 aromatic rings. The van der Waals surface area contributed by atoms with Gasteiger partial charge >= 0.3 is 0 Å². The maximum absolute atomic E-state index is 14.0. The molecular formula is C37H30FN3O3S. The monoisotopic (exact) mass is 615 g/mol. The van der Waals surface area contributed by atoms with Crippen molar-refractivity contribution in [3.63, 3.8) is 0 Å². The number of hydrogen-bond acceptors (Lipinski definition) is 4. The first-order valence-electron chi connectivity index (χ1n) is 14.2. The molecule has 0 aliphatic rings. The van der Waals surface area contributed by atoms with E-state index in [4.69, 9.17) is 0 Å². The van der Waals surface area contributed by atoms with Crippen LogP contribution in [-0.2, 0) is 9.59 Å². The second-order valence-electron chi connectivity index (χ2n) is 10.1. The molecule has 0 spiro atoms. The van der Waals surface area contributed by atoms with Gasteiger partial charge in [-0.1, -0.05) is 91.0 Å². The van der Waals surface area contributed by atoms with Crippen LogP contribution in [0.15, 0.2) is 144 Å². The number of anilines is 2. The Balaban J connectivity index is 1.32. The van der Waals surface area contributed by atoms with Crippen molar-refractivity contribution in [3.05, 3.63) is 156 Å². The van der Waals surface area contributed by atoms with Gasteiger partial charge in [-0.3, -0.25) is 14.4 Å². The summed E-state index contributed by atoms with van der Waals surface area (Å²) in [6, 6.07) is 39.3. The molecule has 0 aliphatic carbocycles. The highest BCUT2D eigenvalue weighted by Crippen LogP contribution is 2.27. The molecule has 0 saturated heterocycles. The molecule has 3 N–H and O–H groups in total. The van der Waals surface area contributed by atoms with Gasteiger partial charge in [-0.15, -0.1) is 11.8 Å². The predicted octanol–water partition coefficient (Wildman–Crippen LogP) is 8.02. The van der Waals surface area contributed by atoms with Crippen LogP contribution in [-0.4, -0.2) is 23.0 Å². The van der Waals surface area contributed by atoms with E-state index >= 15 is 0 Å². The first kappa shape index (κ1) is 31.0. The molecule has 8 heteroatoms. The van der Waals surface area contributed by atoms with Gasteiger partial charge in [0, 0.05) is 16.1 Å². The van der Waals surface area contributed by atoms with E-state index in [9.17, 15) is 18.8 Å². The van der Waals surface area contributed by atoms with Crippen molar-refractivity contribution >= 4 is 46.9 Å². The molecule has 0 fully saturated rings. The Morgan fingerprint density at radius 1 is 0.711 bits per heavy atom. The Morgan fingerprint density at radius 3 is 2.07 bits per heavy atom. The quantitative estimate of drug-likeness (QED) is 0.110. The van der Waals surface area contributed by atoms with Gasteiger partial charge < -0.3 is 16.0 Å². The fourth-order valence-electron chi connectivity index (χ4n) is 4.41. The summed E-state index contributed by atoms with van der Waals surface area (Å²) in [5.74, 6) is -1.80. The minimum absolute atomic E-state index is 0.0620. The molecule has 0 aliphatic heterocycles. The molecule has 3 amide bonds. The third-order valence-corrected chi connectivity index (χ3v) is 7.86. The molecule has 0 bridgehead atoms. The molecule has 0 heterocycles. The number of thioether (sulfide) groups is 1. The van der Waals surface area contributed by atoms with Crippen molar-refractivity contribution in [1.29, 1.82) is 0 Å². The maximum Gasteiger partial charge on any atom is 0.272 e. The number of carbonyl (C=O) groups excluding carboxylic acids is 3. The van der Waals surface area contributed by atoms with Crippen LogP contribution in [0.2, 0.25) is 0 Å². The van der Waals surface area contributed by atoms with Crippen LogP contribution in [0.3, 0.4) is 0 Å². The minimum Gasteiger partial charge on any atom is -0.323 e. The number of rotatable bonds is 10. The molecule has 224 valence electrons. The van der Waals surface area contributed by atoms with E-state index in [-0.39, 0.29) is 17.3 Å². The van der Waals surface area contributed by atoms with E-state index < -0.39 is 22.9 Å². The van der Waals surface area contributed by atoms with E-state index in [0.717, 1.165) is 21.6 Å². The molecule has 1 atom stereocenters. The van der Waals surface area contributed by atoms with Crippen molar-refractivity contribution < 1.29 is 18.8 Å². The number of halogens is 1. The van der Waals surface area contributed by atoms with Crippen LogP contribution >= 0.6 is 11.8 Å². The van der Waals surface area contributed by atoms with Crippen molar-refractivity contribution in [2.75, 3.05) is 10.6 Å². The molecule has 0 radical (unpaired) electrons. The lowest BCUT2D eigenvalue weighted by Crippen LogP contribution is -2.30. The summed E-state index contributed by atoms with van der Waals surface area (Å²) in [4.78, 5) is 40.0. The lowest BCUT2D eigenvalue weighted by Gasteiger charge is -2.14. The fourth-order valence-corrected chi connectivity index (χ4v) is 5.34. The number of hydrogen-bond donors (Lipinski definition) is 3. The molecule has 1 unspecified atom stereocenters. The lowest BCUT2D eigenvalue weighted by molar-refractivity contribution is -0.115. The molecule has 5 rings (SSSR count). The topological polar surface area (TPSA) is 87.3 Å². The van der Waals surface area contributed by atoms with Gasteiger partial charge in [0.1, 0.15) is 11.5 Å². The van der Waals surface area contributed by atoms with Crippen LogP contribution in [0.1, 0.15) is 22.8 Å². The van der Waals surface area contributed by atoms with Gasteiger partial charge in [-0.25, -0.2) is 4.39 Å². The van der Waals surface area contributed by atoms with E-state index in [1.54, 1.807) is 67.6 Å². The smallest absolute Gasteiger partial charge is 0.272 e. The zero-order valence-electron chi connectivity index (χ0n) is 24.4. The first-order chi connectivity index (χ1) is 21.9. The number of para-hydroxylation sites is 1. The summed E-state index contributed by atoms with van der Waals surface area (Å²) in [6.07, 6.45) is 1.62. The highest BCUT2D eigenvalue weighted by molar-refractivity contribution is 8.00. The van der Waals surface area contributed by atoms with E-state index in [0.29, 0.717) is 11.3 Å². The lowest BCUT2D eigenvalue weighted by atomic mass is 10.0. The average molecular weight is 616 g/mol. The second kappa shape index (κ2) is 14.8. The Bertz CT molecular complexity index is 1830. The maximum atomic E-state index is 14.0. The fraction of sp³-hybridized carbons (Fsp3) is 0.0541. The Kier molecular flexibility index (Phi) is 10.2. The summed E-state index contributed by atoms with van der Waals surface area (Å²) >= 11 is 1.27. The van der Waals surface area contributed by atoms with Gasteiger partial charge in [-0.05, 0) is 72.2 Å². The molecule has 0 aromatic heterocycles. The van der Waals surface area contributed by atoms with Gasteiger partial charge in [0.15, 0.2) is 0 Å². The van der Waals surface area contributed by atoms with Crippen molar-refractivity contribution in [3.8, 4) is 11.1 Å². The van der Waals surface area contributed by atoms with Crippen molar-refractivity contribution in [1.82, 2.24) is 5.32 Å². The third-order valence-electron chi connectivity index (χ3n) is 6.76. The Morgan fingerprint density at radius 2 is 1.36 bits per heavy atom. The SMILES string of the molecule is CC(Sc1cccc(NC(=O)/C(=C\c2ccc(-c3ccccc3)cc2)NC(=O)c2ccccc2)c1)C(=O)Nc1ccccc1F. The largest absolute Gasteiger partial charge is 0.323 e. The zero-order chi connectivity index (χ0) is 31.6.